The lowest BCUT2D eigenvalue weighted by Crippen LogP contribution is -2.45. The number of nitrogens with zero attached hydrogens (tertiary/aromatic N) is 1. The standard InChI is InChI=1S/C19H32N2/c1-15(2)14-21(17-11-12-17)18(13-20-19(3,4)5)16-9-7-6-8-10-16/h6-10,15,17-18,20H,11-14H2,1-5H3. The van der Waals surface area contributed by atoms with Gasteiger partial charge in [-0.05, 0) is 45.1 Å². The topological polar surface area (TPSA) is 15.3 Å². The second-order valence-electron chi connectivity index (χ2n) is 7.88. The maximum absolute atomic E-state index is 3.72. The van der Waals surface area contributed by atoms with E-state index in [0.29, 0.717) is 12.0 Å². The van der Waals surface area contributed by atoms with E-state index in [-0.39, 0.29) is 5.54 Å². The molecule has 0 spiro atoms. The van der Waals surface area contributed by atoms with Crippen LogP contribution < -0.4 is 5.32 Å². The highest BCUT2D eigenvalue weighted by atomic mass is 15.2. The molecule has 0 aliphatic heterocycles. The first-order valence-electron chi connectivity index (χ1n) is 8.42. The molecule has 1 unspecified atom stereocenters. The van der Waals surface area contributed by atoms with Gasteiger partial charge in [-0.1, -0.05) is 44.2 Å². The van der Waals surface area contributed by atoms with E-state index in [0.717, 1.165) is 12.6 Å². The molecular weight excluding hydrogens is 256 g/mol. The van der Waals surface area contributed by atoms with Gasteiger partial charge >= 0.3 is 0 Å². The molecule has 0 bridgehead atoms. The number of benzene rings is 1. The average Bonchev–Trinajstić information content (AvgIpc) is 3.21. The van der Waals surface area contributed by atoms with E-state index in [9.17, 15) is 0 Å². The van der Waals surface area contributed by atoms with Gasteiger partial charge in [0.2, 0.25) is 0 Å². The van der Waals surface area contributed by atoms with Crippen LogP contribution in [-0.2, 0) is 0 Å². The largest absolute Gasteiger partial charge is 0.310 e. The molecule has 1 saturated carbocycles. The molecule has 2 heteroatoms. The molecule has 0 saturated heterocycles. The summed E-state index contributed by atoms with van der Waals surface area (Å²) in [5, 5.41) is 3.72. The van der Waals surface area contributed by atoms with E-state index < -0.39 is 0 Å². The Morgan fingerprint density at radius 2 is 1.76 bits per heavy atom. The quantitative estimate of drug-likeness (QED) is 0.807. The van der Waals surface area contributed by atoms with Gasteiger partial charge in [0.25, 0.3) is 0 Å². The van der Waals surface area contributed by atoms with Crippen LogP contribution in [0.5, 0.6) is 0 Å². The lowest BCUT2D eigenvalue weighted by Gasteiger charge is -2.36. The Balaban J connectivity index is 2.17. The Bertz CT molecular complexity index is 415. The van der Waals surface area contributed by atoms with E-state index in [1.54, 1.807) is 0 Å². The molecule has 0 radical (unpaired) electrons. The van der Waals surface area contributed by atoms with Crippen LogP contribution in [0.15, 0.2) is 30.3 Å². The predicted octanol–water partition coefficient (Wildman–Crippen LogP) is 4.24. The van der Waals surface area contributed by atoms with Crippen molar-refractivity contribution < 1.29 is 0 Å². The third-order valence-electron chi connectivity index (χ3n) is 4.00. The molecule has 1 aliphatic carbocycles. The molecular formula is C19H32N2. The van der Waals surface area contributed by atoms with E-state index in [2.05, 4.69) is 75.2 Å². The maximum atomic E-state index is 3.72. The van der Waals surface area contributed by atoms with Crippen molar-refractivity contribution in [1.29, 1.82) is 0 Å². The predicted molar refractivity (Wildman–Crippen MR) is 91.5 cm³/mol. The van der Waals surface area contributed by atoms with Crippen LogP contribution in [0.25, 0.3) is 0 Å². The third-order valence-corrected chi connectivity index (χ3v) is 4.00. The van der Waals surface area contributed by atoms with Gasteiger partial charge in [-0.25, -0.2) is 0 Å². The molecule has 0 aromatic heterocycles. The van der Waals surface area contributed by atoms with E-state index in [1.165, 1.54) is 24.9 Å². The Kier molecular flexibility index (Phi) is 5.45. The zero-order chi connectivity index (χ0) is 15.5. The van der Waals surface area contributed by atoms with Crippen LogP contribution in [0.1, 0.15) is 59.1 Å². The summed E-state index contributed by atoms with van der Waals surface area (Å²) in [5.41, 5.74) is 1.61. The summed E-state index contributed by atoms with van der Waals surface area (Å²) in [6, 6.07) is 12.3. The molecule has 1 fully saturated rings. The van der Waals surface area contributed by atoms with E-state index in [1.807, 2.05) is 0 Å². The Morgan fingerprint density at radius 3 is 2.24 bits per heavy atom. The summed E-state index contributed by atoms with van der Waals surface area (Å²) in [6.45, 7) is 13.6. The highest BCUT2D eigenvalue weighted by Crippen LogP contribution is 2.35. The van der Waals surface area contributed by atoms with Gasteiger partial charge in [-0.15, -0.1) is 0 Å². The van der Waals surface area contributed by atoms with Crippen LogP contribution in [0.3, 0.4) is 0 Å². The van der Waals surface area contributed by atoms with Crippen LogP contribution in [0.2, 0.25) is 0 Å². The van der Waals surface area contributed by atoms with Crippen LogP contribution in [0.4, 0.5) is 0 Å². The molecule has 21 heavy (non-hydrogen) atoms. The van der Waals surface area contributed by atoms with Gasteiger partial charge in [0.1, 0.15) is 0 Å². The fourth-order valence-electron chi connectivity index (χ4n) is 2.86. The van der Waals surface area contributed by atoms with Crippen molar-refractivity contribution in [1.82, 2.24) is 10.2 Å². The molecule has 2 rings (SSSR count). The van der Waals surface area contributed by atoms with Crippen molar-refractivity contribution >= 4 is 0 Å². The molecule has 2 nitrogen and oxygen atoms in total. The Labute approximate surface area is 130 Å². The second-order valence-corrected chi connectivity index (χ2v) is 7.88. The maximum Gasteiger partial charge on any atom is 0.0475 e. The lowest BCUT2D eigenvalue weighted by molar-refractivity contribution is 0.155. The fraction of sp³-hybridized carbons (Fsp3) is 0.684. The van der Waals surface area contributed by atoms with Gasteiger partial charge in [0, 0.05) is 30.7 Å². The van der Waals surface area contributed by atoms with Gasteiger partial charge in [0.05, 0.1) is 0 Å². The van der Waals surface area contributed by atoms with Crippen LogP contribution in [0, 0.1) is 5.92 Å². The molecule has 1 aromatic carbocycles. The summed E-state index contributed by atoms with van der Waals surface area (Å²) in [7, 11) is 0. The summed E-state index contributed by atoms with van der Waals surface area (Å²) < 4.78 is 0. The summed E-state index contributed by atoms with van der Waals surface area (Å²) in [5.74, 6) is 0.714. The minimum atomic E-state index is 0.167. The minimum absolute atomic E-state index is 0.167. The number of hydrogen-bond acceptors (Lipinski definition) is 2. The SMILES string of the molecule is CC(C)CN(C1CC1)C(CNC(C)(C)C)c1ccccc1. The van der Waals surface area contributed by atoms with Gasteiger partial charge in [-0.2, -0.15) is 0 Å². The van der Waals surface area contributed by atoms with Crippen molar-refractivity contribution in [2.24, 2.45) is 5.92 Å². The highest BCUT2D eigenvalue weighted by Gasteiger charge is 2.35. The Hall–Kier alpha value is -0.860. The lowest BCUT2D eigenvalue weighted by atomic mass is 10.0. The molecule has 1 aliphatic rings. The van der Waals surface area contributed by atoms with Crippen molar-refractivity contribution in [3.8, 4) is 0 Å². The van der Waals surface area contributed by atoms with Crippen molar-refractivity contribution in [3.63, 3.8) is 0 Å². The first kappa shape index (κ1) is 16.5. The van der Waals surface area contributed by atoms with Gasteiger partial charge < -0.3 is 5.32 Å². The van der Waals surface area contributed by atoms with Crippen molar-refractivity contribution in [2.45, 2.75) is 65.1 Å². The van der Waals surface area contributed by atoms with E-state index >= 15 is 0 Å². The summed E-state index contributed by atoms with van der Waals surface area (Å²) in [4.78, 5) is 2.73. The van der Waals surface area contributed by atoms with Crippen molar-refractivity contribution in [2.75, 3.05) is 13.1 Å². The number of hydrogen-bond donors (Lipinski definition) is 1. The molecule has 0 heterocycles. The monoisotopic (exact) mass is 288 g/mol. The first-order valence-corrected chi connectivity index (χ1v) is 8.42. The van der Waals surface area contributed by atoms with Gasteiger partial charge in [-0.3, -0.25) is 4.90 Å². The fourth-order valence-corrected chi connectivity index (χ4v) is 2.86. The highest BCUT2D eigenvalue weighted by molar-refractivity contribution is 5.20. The second kappa shape index (κ2) is 6.93. The van der Waals surface area contributed by atoms with Crippen molar-refractivity contribution in [3.05, 3.63) is 35.9 Å². The smallest absolute Gasteiger partial charge is 0.0475 e. The average molecular weight is 288 g/mol. The molecule has 1 aromatic rings. The number of rotatable bonds is 7. The third kappa shape index (κ3) is 5.44. The van der Waals surface area contributed by atoms with E-state index in [4.69, 9.17) is 0 Å². The molecule has 0 amide bonds. The summed E-state index contributed by atoms with van der Waals surface area (Å²) >= 11 is 0. The normalized spacial score (nSPS) is 17.5. The first-order chi connectivity index (χ1) is 9.87. The van der Waals surface area contributed by atoms with Crippen LogP contribution in [-0.4, -0.2) is 29.6 Å². The number of nitrogens with one attached hydrogen (secondary N) is 1. The Morgan fingerprint density at radius 1 is 1.14 bits per heavy atom. The van der Waals surface area contributed by atoms with Gasteiger partial charge in [0.15, 0.2) is 0 Å². The minimum Gasteiger partial charge on any atom is -0.310 e. The summed E-state index contributed by atoms with van der Waals surface area (Å²) in [6.07, 6.45) is 2.73. The zero-order valence-corrected chi connectivity index (χ0v) is 14.4. The molecule has 1 N–H and O–H groups in total. The molecule has 1 atom stereocenters. The zero-order valence-electron chi connectivity index (χ0n) is 14.4. The van der Waals surface area contributed by atoms with Crippen LogP contribution >= 0.6 is 0 Å². The molecule has 118 valence electrons.